The van der Waals surface area contributed by atoms with Crippen molar-refractivity contribution in [2.75, 3.05) is 12.4 Å². The summed E-state index contributed by atoms with van der Waals surface area (Å²) >= 11 is 6.31. The fourth-order valence-corrected chi connectivity index (χ4v) is 5.07. The molecule has 170 valence electrons. The fraction of sp³-hybridized carbons (Fsp3) is 0.375. The van der Waals surface area contributed by atoms with Gasteiger partial charge >= 0.3 is 6.18 Å². The highest BCUT2D eigenvalue weighted by Gasteiger charge is 2.64. The van der Waals surface area contributed by atoms with Gasteiger partial charge in [0.15, 0.2) is 5.60 Å². The molecule has 0 radical (unpaired) electrons. The van der Waals surface area contributed by atoms with Gasteiger partial charge in [0.25, 0.3) is 0 Å². The van der Waals surface area contributed by atoms with Gasteiger partial charge in [-0.15, -0.1) is 0 Å². The Morgan fingerprint density at radius 1 is 1.16 bits per heavy atom. The number of aryl methyl sites for hydroxylation is 1. The Morgan fingerprint density at radius 3 is 2.53 bits per heavy atom. The van der Waals surface area contributed by atoms with E-state index in [9.17, 15) is 18.3 Å². The van der Waals surface area contributed by atoms with E-state index in [4.69, 9.17) is 16.3 Å². The van der Waals surface area contributed by atoms with Crippen LogP contribution in [0.15, 0.2) is 42.5 Å². The Bertz CT molecular complexity index is 1200. The number of rotatable bonds is 3. The monoisotopic (exact) mass is 464 g/mol. The van der Waals surface area contributed by atoms with E-state index in [1.807, 2.05) is 13.0 Å². The van der Waals surface area contributed by atoms with Gasteiger partial charge in [-0.2, -0.15) is 13.2 Å². The number of fused-ring (bicyclic) bond motifs is 2. The number of pyridine rings is 1. The molecule has 2 aromatic carbocycles. The molecule has 1 aliphatic rings. The second-order valence-electron chi connectivity index (χ2n) is 8.93. The first-order valence-electron chi connectivity index (χ1n) is 10.2. The fourth-order valence-electron chi connectivity index (χ4n) is 4.83. The molecule has 0 amide bonds. The number of nitrogens with zero attached hydrogens (tertiary/aromatic N) is 1. The summed E-state index contributed by atoms with van der Waals surface area (Å²) in [6, 6.07) is 10.4. The first-order valence-corrected chi connectivity index (χ1v) is 10.6. The molecule has 1 heterocycles. The van der Waals surface area contributed by atoms with E-state index >= 15 is 0 Å². The molecular weight excluding hydrogens is 441 g/mol. The van der Waals surface area contributed by atoms with Crippen LogP contribution < -0.4 is 10.1 Å². The minimum Gasteiger partial charge on any atom is -0.495 e. The minimum absolute atomic E-state index is 0.291. The number of halogens is 4. The summed E-state index contributed by atoms with van der Waals surface area (Å²) in [6.07, 6.45) is -5.45. The molecule has 2 atom stereocenters. The second-order valence-corrected chi connectivity index (χ2v) is 9.34. The lowest BCUT2D eigenvalue weighted by molar-refractivity contribution is -0.275. The molecule has 4 rings (SSSR count). The van der Waals surface area contributed by atoms with Gasteiger partial charge < -0.3 is 15.2 Å². The smallest absolute Gasteiger partial charge is 0.419 e. The summed E-state index contributed by atoms with van der Waals surface area (Å²) in [5, 5.41) is 15.1. The van der Waals surface area contributed by atoms with E-state index in [-0.39, 0.29) is 0 Å². The number of hydrogen-bond donors (Lipinski definition) is 2. The summed E-state index contributed by atoms with van der Waals surface area (Å²) in [6.45, 7) is 5.15. The summed E-state index contributed by atoms with van der Waals surface area (Å²) in [5.74, 6) is 0.320. The van der Waals surface area contributed by atoms with Crippen molar-refractivity contribution in [3.05, 3.63) is 64.3 Å². The van der Waals surface area contributed by atoms with Crippen LogP contribution in [0.4, 0.5) is 18.9 Å². The van der Waals surface area contributed by atoms with Crippen molar-refractivity contribution in [1.29, 1.82) is 0 Å². The van der Waals surface area contributed by atoms with Gasteiger partial charge in [0.2, 0.25) is 0 Å². The van der Waals surface area contributed by atoms with Crippen LogP contribution in [0, 0.1) is 6.92 Å². The lowest BCUT2D eigenvalue weighted by atomic mass is 9.63. The predicted molar refractivity (Wildman–Crippen MR) is 119 cm³/mol. The van der Waals surface area contributed by atoms with Crippen LogP contribution >= 0.6 is 11.6 Å². The van der Waals surface area contributed by atoms with Crippen molar-refractivity contribution in [3.63, 3.8) is 0 Å². The summed E-state index contributed by atoms with van der Waals surface area (Å²) in [7, 11) is 1.43. The molecular formula is C24H24ClF3N2O2. The van der Waals surface area contributed by atoms with Crippen molar-refractivity contribution in [2.24, 2.45) is 0 Å². The molecule has 0 spiro atoms. The summed E-state index contributed by atoms with van der Waals surface area (Å²) in [5.41, 5.74) is -1.34. The number of benzene rings is 2. The van der Waals surface area contributed by atoms with Crippen molar-refractivity contribution >= 4 is 28.2 Å². The highest BCUT2D eigenvalue weighted by molar-refractivity contribution is 6.32. The lowest BCUT2D eigenvalue weighted by Crippen LogP contribution is -2.58. The first-order chi connectivity index (χ1) is 14.9. The van der Waals surface area contributed by atoms with Gasteiger partial charge in [0.1, 0.15) is 5.75 Å². The molecule has 2 N–H and O–H groups in total. The van der Waals surface area contributed by atoms with Gasteiger partial charge in [0.05, 0.1) is 23.7 Å². The maximum absolute atomic E-state index is 14.4. The van der Waals surface area contributed by atoms with Gasteiger partial charge in [0, 0.05) is 22.3 Å². The number of methoxy groups -OCH3 is 1. The van der Waals surface area contributed by atoms with E-state index < -0.39 is 29.7 Å². The standard InChI is InChI=1S/C24H24ClF3N2O2/c1-13-8-9-14-17(29-13)6-5-7-18(14)30-21-15-10-11-16(25)20(32-4)19(15)22(2,3)12-23(21,31)24(26,27)28/h5-11,21,30-31H,12H2,1-4H3/t21-,23+/m0/s1. The van der Waals surface area contributed by atoms with Crippen LogP contribution in [0.1, 0.15) is 43.1 Å². The molecule has 1 aliphatic carbocycles. The number of aromatic nitrogens is 1. The van der Waals surface area contributed by atoms with E-state index in [0.717, 1.165) is 5.69 Å². The van der Waals surface area contributed by atoms with E-state index in [1.165, 1.54) is 19.2 Å². The minimum atomic E-state index is -4.88. The van der Waals surface area contributed by atoms with Gasteiger partial charge in [-0.05, 0) is 54.7 Å². The normalized spacial score (nSPS) is 22.5. The Morgan fingerprint density at radius 2 is 1.88 bits per heavy atom. The molecule has 0 aliphatic heterocycles. The molecule has 0 fully saturated rings. The Kier molecular flexibility index (Phi) is 5.33. The predicted octanol–water partition coefficient (Wildman–Crippen LogP) is 6.33. The molecule has 0 unspecified atom stereocenters. The summed E-state index contributed by atoms with van der Waals surface area (Å²) < 4.78 is 48.6. The highest BCUT2D eigenvalue weighted by Crippen LogP contribution is 2.57. The first kappa shape index (κ1) is 22.7. The molecule has 0 saturated heterocycles. The van der Waals surface area contributed by atoms with Gasteiger partial charge in [-0.3, -0.25) is 4.98 Å². The number of alkyl halides is 3. The third-order valence-corrected chi connectivity index (χ3v) is 6.48. The van der Waals surface area contributed by atoms with Crippen LogP contribution in [0.3, 0.4) is 0 Å². The van der Waals surface area contributed by atoms with Crippen molar-refractivity contribution in [2.45, 2.75) is 50.4 Å². The Hall–Kier alpha value is -2.51. The van der Waals surface area contributed by atoms with Crippen LogP contribution in [-0.2, 0) is 5.41 Å². The number of hydrogen-bond acceptors (Lipinski definition) is 4. The zero-order valence-corrected chi connectivity index (χ0v) is 18.9. The van der Waals surface area contributed by atoms with Crippen molar-refractivity contribution in [1.82, 2.24) is 4.98 Å². The molecule has 1 aromatic heterocycles. The SMILES string of the molecule is COc1c(Cl)ccc2c1C(C)(C)C[C@](O)(C(F)(F)F)[C@H]2Nc1cccc2nc(C)ccc12. The second kappa shape index (κ2) is 7.52. The average molecular weight is 465 g/mol. The van der Waals surface area contributed by atoms with Crippen LogP contribution in [0.2, 0.25) is 5.02 Å². The molecule has 32 heavy (non-hydrogen) atoms. The molecule has 0 saturated carbocycles. The molecule has 0 bridgehead atoms. The van der Waals surface area contributed by atoms with E-state index in [0.29, 0.717) is 38.5 Å². The highest BCUT2D eigenvalue weighted by atomic mass is 35.5. The molecule has 8 heteroatoms. The Labute approximate surface area is 189 Å². The average Bonchev–Trinajstić information content (AvgIpc) is 2.69. The number of nitrogens with one attached hydrogen (secondary N) is 1. The maximum Gasteiger partial charge on any atom is 0.419 e. The number of anilines is 1. The van der Waals surface area contributed by atoms with Crippen LogP contribution in [0.5, 0.6) is 5.75 Å². The van der Waals surface area contributed by atoms with Crippen LogP contribution in [-0.4, -0.2) is 29.0 Å². The zero-order chi connectivity index (χ0) is 23.5. The topological polar surface area (TPSA) is 54.4 Å². The van der Waals surface area contributed by atoms with Gasteiger partial charge in [-0.25, -0.2) is 0 Å². The maximum atomic E-state index is 14.4. The molecule has 3 aromatic rings. The Balaban J connectivity index is 1.97. The number of ether oxygens (including phenoxy) is 1. The zero-order valence-electron chi connectivity index (χ0n) is 18.1. The van der Waals surface area contributed by atoms with E-state index in [1.54, 1.807) is 38.1 Å². The largest absolute Gasteiger partial charge is 0.495 e. The third kappa shape index (κ3) is 3.48. The third-order valence-electron chi connectivity index (χ3n) is 6.18. The van der Waals surface area contributed by atoms with Crippen LogP contribution in [0.25, 0.3) is 10.9 Å². The molecule has 4 nitrogen and oxygen atoms in total. The lowest BCUT2D eigenvalue weighted by Gasteiger charge is -2.49. The van der Waals surface area contributed by atoms with Crippen molar-refractivity contribution in [3.8, 4) is 5.75 Å². The van der Waals surface area contributed by atoms with Gasteiger partial charge in [-0.1, -0.05) is 37.6 Å². The number of aliphatic hydroxyl groups is 1. The summed E-state index contributed by atoms with van der Waals surface area (Å²) in [4.78, 5) is 4.46. The quantitative estimate of drug-likeness (QED) is 0.475. The van der Waals surface area contributed by atoms with E-state index in [2.05, 4.69) is 10.3 Å². The van der Waals surface area contributed by atoms with Crippen molar-refractivity contribution < 1.29 is 23.0 Å².